The van der Waals surface area contributed by atoms with E-state index in [9.17, 15) is 19.4 Å². The zero-order valence-corrected chi connectivity index (χ0v) is 53.3. The zero-order valence-electron chi connectivity index (χ0n) is 52.4. The molecule has 0 aromatic carbocycles. The average Bonchev–Trinajstić information content (AvgIpc) is 3.41. The Hall–Kier alpha value is -1.80. The third-order valence-electron chi connectivity index (χ3n) is 15.2. The molecule has 0 fully saturated rings. The van der Waals surface area contributed by atoms with E-state index >= 15 is 0 Å². The Morgan fingerprint density at radius 1 is 0.449 bits per heavy atom. The van der Waals surface area contributed by atoms with E-state index in [1.165, 1.54) is 250 Å². The van der Waals surface area contributed by atoms with E-state index in [0.717, 1.165) is 51.4 Å². The Bertz CT molecular complexity index is 1450. The lowest BCUT2D eigenvalue weighted by molar-refractivity contribution is -0.870. The number of nitrogens with zero attached hydrogens (tertiary/aromatic N) is 1. The Morgan fingerprint density at radius 3 is 1.12 bits per heavy atom. The molecule has 9 heteroatoms. The van der Waals surface area contributed by atoms with E-state index in [1.54, 1.807) is 6.08 Å². The number of hydrogen-bond donors (Lipinski definition) is 2. The van der Waals surface area contributed by atoms with E-state index < -0.39 is 26.6 Å². The van der Waals surface area contributed by atoms with E-state index in [2.05, 4.69) is 67.8 Å². The molecule has 0 spiro atoms. The molecule has 0 aromatic rings. The first-order valence-electron chi connectivity index (χ1n) is 33.7. The van der Waals surface area contributed by atoms with Gasteiger partial charge in [-0.1, -0.05) is 299 Å². The molecule has 0 saturated heterocycles. The van der Waals surface area contributed by atoms with Crippen molar-refractivity contribution in [2.75, 3.05) is 40.9 Å². The number of allylic oxidation sites excluding steroid dienone is 9. The van der Waals surface area contributed by atoms with Gasteiger partial charge in [-0.2, -0.15) is 0 Å². The van der Waals surface area contributed by atoms with E-state index in [-0.39, 0.29) is 12.5 Å². The molecule has 0 radical (unpaired) electrons. The minimum atomic E-state index is -4.62. The molecule has 78 heavy (non-hydrogen) atoms. The van der Waals surface area contributed by atoms with E-state index in [0.29, 0.717) is 17.4 Å². The first kappa shape index (κ1) is 76.2. The van der Waals surface area contributed by atoms with Gasteiger partial charge in [0.15, 0.2) is 0 Å². The predicted molar refractivity (Wildman–Crippen MR) is 339 cm³/mol. The molecule has 458 valence electrons. The first-order valence-corrected chi connectivity index (χ1v) is 35.1. The number of quaternary nitrogens is 1. The minimum Gasteiger partial charge on any atom is -0.756 e. The largest absolute Gasteiger partial charge is 0.756 e. The second-order valence-corrected chi connectivity index (χ2v) is 25.6. The highest BCUT2D eigenvalue weighted by atomic mass is 31.2. The van der Waals surface area contributed by atoms with Crippen molar-refractivity contribution < 1.29 is 32.9 Å². The summed E-state index contributed by atoms with van der Waals surface area (Å²) < 4.78 is 23.4. The van der Waals surface area contributed by atoms with Crippen molar-refractivity contribution >= 4 is 13.7 Å². The quantitative estimate of drug-likeness (QED) is 0.0272. The molecule has 2 N–H and O–H groups in total. The molecule has 0 rings (SSSR count). The van der Waals surface area contributed by atoms with Crippen molar-refractivity contribution in [3.05, 3.63) is 60.8 Å². The number of rotatable bonds is 62. The number of hydrogen-bond acceptors (Lipinski definition) is 6. The van der Waals surface area contributed by atoms with Crippen LogP contribution in [0.15, 0.2) is 60.8 Å². The third kappa shape index (κ3) is 61.8. The summed E-state index contributed by atoms with van der Waals surface area (Å²) in [5.74, 6) is -0.208. The van der Waals surface area contributed by atoms with Crippen LogP contribution < -0.4 is 10.2 Å². The van der Waals surface area contributed by atoms with Crippen LogP contribution >= 0.6 is 7.82 Å². The third-order valence-corrected chi connectivity index (χ3v) is 16.1. The van der Waals surface area contributed by atoms with Gasteiger partial charge >= 0.3 is 0 Å². The number of aliphatic hydroxyl groups is 1. The van der Waals surface area contributed by atoms with Crippen molar-refractivity contribution in [2.24, 2.45) is 0 Å². The smallest absolute Gasteiger partial charge is 0.268 e. The molecule has 0 aliphatic carbocycles. The van der Waals surface area contributed by atoms with E-state index in [4.69, 9.17) is 9.05 Å². The number of aliphatic hydroxyl groups excluding tert-OH is 1. The number of likely N-dealkylation sites (N-methyl/N-ethyl adjacent to an activating group) is 1. The highest BCUT2D eigenvalue weighted by Gasteiger charge is 2.23. The summed E-state index contributed by atoms with van der Waals surface area (Å²) in [5.41, 5.74) is 0. The summed E-state index contributed by atoms with van der Waals surface area (Å²) in [7, 11) is 1.24. The van der Waals surface area contributed by atoms with Gasteiger partial charge in [0, 0.05) is 6.42 Å². The Kier molecular flexibility index (Phi) is 58.4. The summed E-state index contributed by atoms with van der Waals surface area (Å²) in [6.45, 7) is 4.66. The maximum absolute atomic E-state index is 13.0. The molecule has 0 aliphatic heterocycles. The van der Waals surface area contributed by atoms with Crippen LogP contribution in [0.3, 0.4) is 0 Å². The number of unbranched alkanes of at least 4 members (excludes halogenated alkanes) is 41. The number of carbonyl (C=O) groups is 1. The molecule has 0 aliphatic rings. The molecule has 1 amide bonds. The standard InChI is InChI=1S/C69H131N2O6P/c1-6-8-10-12-14-16-18-20-22-24-26-28-30-32-33-34-35-36-37-39-41-43-45-47-49-51-53-55-57-59-61-63-69(73)70-67(66-77-78(74,75)76-65-64-71(3,4)5)68(72)62-60-58-56-54-52-50-48-46-44-42-40-38-31-29-27-25-23-21-19-17-15-13-11-9-7-2/h26,28,32-33,44,46,52,54,60,62,67-68,72H,6-25,27,29-31,34-43,45,47-51,53,55-59,61,63-66H2,1-5H3,(H-,70,73,74,75)/b28-26-,33-32-,46-44+,54-52+,62-60+. The fraction of sp³-hybridized carbons (Fsp3) is 0.841. The van der Waals surface area contributed by atoms with Gasteiger partial charge in [-0.15, -0.1) is 0 Å². The first-order chi connectivity index (χ1) is 38.0. The van der Waals surface area contributed by atoms with Gasteiger partial charge in [-0.3, -0.25) is 9.36 Å². The lowest BCUT2D eigenvalue weighted by Crippen LogP contribution is -2.45. The topological polar surface area (TPSA) is 108 Å². The molecule has 3 unspecified atom stereocenters. The number of phosphoric acid groups is 1. The minimum absolute atomic E-state index is 0.00969. The van der Waals surface area contributed by atoms with Crippen LogP contribution in [0.4, 0.5) is 0 Å². The summed E-state index contributed by atoms with van der Waals surface area (Å²) in [5, 5.41) is 13.9. The SMILES string of the molecule is CCCCCCCCCCC/C=C\C/C=C\CCCCCCCCCCCCCCCCCC(=O)NC(COP(=O)([O-])OCC[N+](C)(C)C)C(O)/C=C/CC/C=C/CC/C=C/CCCCCCCCCCCCCCCCC. The predicted octanol–water partition coefficient (Wildman–Crippen LogP) is 20.6. The summed E-state index contributed by atoms with van der Waals surface area (Å²) >= 11 is 0. The lowest BCUT2D eigenvalue weighted by atomic mass is 10.0. The number of amides is 1. The lowest BCUT2D eigenvalue weighted by Gasteiger charge is -2.29. The van der Waals surface area contributed by atoms with Crippen LogP contribution in [-0.2, 0) is 18.4 Å². The molecule has 8 nitrogen and oxygen atoms in total. The van der Waals surface area contributed by atoms with Crippen molar-refractivity contribution in [3.63, 3.8) is 0 Å². The van der Waals surface area contributed by atoms with Crippen LogP contribution in [-0.4, -0.2) is 68.5 Å². The normalized spacial score (nSPS) is 14.1. The van der Waals surface area contributed by atoms with Gasteiger partial charge < -0.3 is 28.8 Å². The summed E-state index contributed by atoms with van der Waals surface area (Å²) in [6, 6.07) is -0.913. The monoisotopic (exact) mass is 1110 g/mol. The fourth-order valence-electron chi connectivity index (χ4n) is 9.92. The second-order valence-electron chi connectivity index (χ2n) is 24.2. The van der Waals surface area contributed by atoms with Gasteiger partial charge in [-0.25, -0.2) is 0 Å². The molecule has 3 atom stereocenters. The molecular weight excluding hydrogens is 984 g/mol. The van der Waals surface area contributed by atoms with Crippen molar-refractivity contribution in [2.45, 2.75) is 334 Å². The Morgan fingerprint density at radius 2 is 0.756 bits per heavy atom. The highest BCUT2D eigenvalue weighted by molar-refractivity contribution is 7.45. The molecular formula is C69H131N2O6P. The Balaban J connectivity index is 4.15. The van der Waals surface area contributed by atoms with E-state index in [1.807, 2.05) is 27.2 Å². The van der Waals surface area contributed by atoms with Gasteiger partial charge in [0.2, 0.25) is 5.91 Å². The maximum atomic E-state index is 13.0. The van der Waals surface area contributed by atoms with Crippen molar-refractivity contribution in [1.29, 1.82) is 0 Å². The fourth-order valence-corrected chi connectivity index (χ4v) is 10.6. The summed E-state index contributed by atoms with van der Waals surface area (Å²) in [4.78, 5) is 25.6. The summed E-state index contributed by atoms with van der Waals surface area (Å²) in [6.07, 6.45) is 81.9. The van der Waals surface area contributed by atoms with Crippen LogP contribution in [0.2, 0.25) is 0 Å². The van der Waals surface area contributed by atoms with Crippen LogP contribution in [0.1, 0.15) is 322 Å². The van der Waals surface area contributed by atoms with Crippen molar-refractivity contribution in [1.82, 2.24) is 5.32 Å². The maximum Gasteiger partial charge on any atom is 0.268 e. The zero-order chi connectivity index (χ0) is 57.0. The van der Waals surface area contributed by atoms with Crippen molar-refractivity contribution in [3.8, 4) is 0 Å². The van der Waals surface area contributed by atoms with Gasteiger partial charge in [0.05, 0.1) is 39.9 Å². The average molecular weight is 1120 g/mol. The Labute approximate surface area is 485 Å². The number of phosphoric ester groups is 1. The number of carbonyl (C=O) groups excluding carboxylic acids is 1. The van der Waals surface area contributed by atoms with Gasteiger partial charge in [0.1, 0.15) is 13.2 Å². The molecule has 0 bridgehead atoms. The molecule has 0 saturated carbocycles. The van der Waals surface area contributed by atoms with Crippen LogP contribution in [0, 0.1) is 0 Å². The van der Waals surface area contributed by atoms with Gasteiger partial charge in [-0.05, 0) is 77.0 Å². The highest BCUT2D eigenvalue weighted by Crippen LogP contribution is 2.38. The number of nitrogens with one attached hydrogen (secondary N) is 1. The van der Waals surface area contributed by atoms with Gasteiger partial charge in [0.25, 0.3) is 7.82 Å². The second kappa shape index (κ2) is 59.8. The van der Waals surface area contributed by atoms with Crippen LogP contribution in [0.5, 0.6) is 0 Å². The molecule has 0 aromatic heterocycles. The molecule has 0 heterocycles. The van der Waals surface area contributed by atoms with Crippen LogP contribution in [0.25, 0.3) is 0 Å².